The first-order valence-corrected chi connectivity index (χ1v) is 5.14. The Kier molecular flexibility index (Phi) is 4.26. The molecular formula is C13H17NO2. The van der Waals surface area contributed by atoms with E-state index >= 15 is 0 Å². The number of carbonyl (C=O) groups excluding carboxylic acids is 1. The summed E-state index contributed by atoms with van der Waals surface area (Å²) in [6.45, 7) is 3.60. The molecule has 1 aromatic carbocycles. The van der Waals surface area contributed by atoms with Crippen molar-refractivity contribution in [3.8, 4) is 0 Å². The van der Waals surface area contributed by atoms with Crippen molar-refractivity contribution in [2.24, 2.45) is 5.92 Å². The van der Waals surface area contributed by atoms with Crippen molar-refractivity contribution in [1.29, 1.82) is 0 Å². The lowest BCUT2D eigenvalue weighted by Gasteiger charge is -2.22. The molecule has 0 aliphatic carbocycles. The van der Waals surface area contributed by atoms with Gasteiger partial charge in [-0.25, -0.2) is 0 Å². The highest BCUT2D eigenvalue weighted by Gasteiger charge is 2.26. The van der Waals surface area contributed by atoms with Gasteiger partial charge in [0.05, 0.1) is 12.0 Å². The minimum Gasteiger partial charge on any atom is -0.387 e. The van der Waals surface area contributed by atoms with Gasteiger partial charge in [-0.05, 0) is 5.56 Å². The average molecular weight is 219 g/mol. The summed E-state index contributed by atoms with van der Waals surface area (Å²) in [6.07, 6.45) is 0.647. The highest BCUT2D eigenvalue weighted by Crippen LogP contribution is 2.23. The van der Waals surface area contributed by atoms with E-state index in [1.165, 1.54) is 11.0 Å². The average Bonchev–Trinajstić information content (AvgIpc) is 2.30. The summed E-state index contributed by atoms with van der Waals surface area (Å²) < 4.78 is 0. The third-order valence-electron chi connectivity index (χ3n) is 2.46. The summed E-state index contributed by atoms with van der Waals surface area (Å²) >= 11 is 0. The first-order chi connectivity index (χ1) is 7.57. The number of hydrogen-bond acceptors (Lipinski definition) is 2. The number of amides is 1. The molecule has 0 spiro atoms. The van der Waals surface area contributed by atoms with Crippen molar-refractivity contribution in [2.75, 3.05) is 14.1 Å². The Labute approximate surface area is 96.0 Å². The van der Waals surface area contributed by atoms with E-state index in [2.05, 4.69) is 6.58 Å². The topological polar surface area (TPSA) is 40.5 Å². The molecule has 0 saturated carbocycles. The van der Waals surface area contributed by atoms with Crippen LogP contribution in [0.15, 0.2) is 43.0 Å². The first kappa shape index (κ1) is 12.5. The Bertz CT molecular complexity index is 359. The zero-order valence-electron chi connectivity index (χ0n) is 9.63. The van der Waals surface area contributed by atoms with E-state index in [1.54, 1.807) is 26.2 Å². The van der Waals surface area contributed by atoms with Crippen molar-refractivity contribution >= 4 is 5.91 Å². The van der Waals surface area contributed by atoms with Crippen LogP contribution in [0.4, 0.5) is 0 Å². The fraction of sp³-hybridized carbons (Fsp3) is 0.308. The van der Waals surface area contributed by atoms with Gasteiger partial charge in [0, 0.05) is 14.1 Å². The van der Waals surface area contributed by atoms with Gasteiger partial charge in [-0.15, -0.1) is 6.58 Å². The molecule has 0 fully saturated rings. The molecule has 1 N–H and O–H groups in total. The van der Waals surface area contributed by atoms with Crippen molar-refractivity contribution < 1.29 is 9.90 Å². The molecule has 3 heteroatoms. The van der Waals surface area contributed by atoms with Crippen LogP contribution in [0.25, 0.3) is 0 Å². The molecule has 3 nitrogen and oxygen atoms in total. The molecule has 0 aromatic heterocycles. The Hall–Kier alpha value is -1.61. The summed E-state index contributed by atoms with van der Waals surface area (Å²) in [5.74, 6) is -0.747. The summed E-state index contributed by atoms with van der Waals surface area (Å²) in [5, 5.41) is 10.1. The Morgan fingerprint density at radius 3 is 2.38 bits per heavy atom. The van der Waals surface area contributed by atoms with E-state index in [9.17, 15) is 9.90 Å². The van der Waals surface area contributed by atoms with Crippen LogP contribution >= 0.6 is 0 Å². The van der Waals surface area contributed by atoms with E-state index in [1.807, 2.05) is 18.2 Å². The molecule has 0 saturated heterocycles. The van der Waals surface area contributed by atoms with E-state index in [4.69, 9.17) is 0 Å². The number of benzene rings is 1. The number of carbonyl (C=O) groups is 1. The Morgan fingerprint density at radius 2 is 1.94 bits per heavy atom. The van der Waals surface area contributed by atoms with Crippen molar-refractivity contribution in [2.45, 2.75) is 6.10 Å². The SMILES string of the molecule is C=CC(C(=O)N(C)C)C(O)c1ccccc1. The van der Waals surface area contributed by atoms with Gasteiger partial charge in [0.25, 0.3) is 0 Å². The number of hydrogen-bond donors (Lipinski definition) is 1. The predicted molar refractivity (Wildman–Crippen MR) is 63.8 cm³/mol. The second kappa shape index (κ2) is 5.47. The minimum atomic E-state index is -0.839. The van der Waals surface area contributed by atoms with Crippen LogP contribution in [0.2, 0.25) is 0 Å². The summed E-state index contributed by atoms with van der Waals surface area (Å²) in [4.78, 5) is 13.2. The lowest BCUT2D eigenvalue weighted by molar-refractivity contribution is -0.134. The highest BCUT2D eigenvalue weighted by atomic mass is 16.3. The van der Waals surface area contributed by atoms with Crippen LogP contribution in [0.5, 0.6) is 0 Å². The summed E-state index contributed by atoms with van der Waals surface area (Å²) in [7, 11) is 3.33. The molecule has 0 bridgehead atoms. The first-order valence-electron chi connectivity index (χ1n) is 5.14. The van der Waals surface area contributed by atoms with Crippen molar-refractivity contribution in [3.05, 3.63) is 48.6 Å². The minimum absolute atomic E-state index is 0.147. The zero-order chi connectivity index (χ0) is 12.1. The van der Waals surface area contributed by atoms with Crippen molar-refractivity contribution in [3.63, 3.8) is 0 Å². The maximum Gasteiger partial charge on any atom is 0.231 e. The van der Waals surface area contributed by atoms with Gasteiger partial charge in [-0.2, -0.15) is 0 Å². The van der Waals surface area contributed by atoms with Crippen LogP contribution in [0, 0.1) is 5.92 Å². The largest absolute Gasteiger partial charge is 0.387 e. The summed E-state index contributed by atoms with van der Waals surface area (Å²) in [5.41, 5.74) is 0.725. The smallest absolute Gasteiger partial charge is 0.231 e. The zero-order valence-corrected chi connectivity index (χ0v) is 9.63. The molecule has 1 aromatic rings. The van der Waals surface area contributed by atoms with Crippen molar-refractivity contribution in [1.82, 2.24) is 4.90 Å². The number of aliphatic hydroxyl groups excluding tert-OH is 1. The maximum absolute atomic E-state index is 11.8. The van der Waals surface area contributed by atoms with Crippen LogP contribution in [-0.4, -0.2) is 30.0 Å². The highest BCUT2D eigenvalue weighted by molar-refractivity contribution is 5.80. The third-order valence-corrected chi connectivity index (χ3v) is 2.46. The van der Waals surface area contributed by atoms with Gasteiger partial charge in [0.15, 0.2) is 0 Å². The lowest BCUT2D eigenvalue weighted by Crippen LogP contribution is -2.32. The molecule has 2 atom stereocenters. The van der Waals surface area contributed by atoms with Gasteiger partial charge in [-0.3, -0.25) is 4.79 Å². The van der Waals surface area contributed by atoms with Crippen LogP contribution in [0.3, 0.4) is 0 Å². The van der Waals surface area contributed by atoms with E-state index in [-0.39, 0.29) is 5.91 Å². The van der Waals surface area contributed by atoms with Crippen LogP contribution in [0.1, 0.15) is 11.7 Å². The Morgan fingerprint density at radius 1 is 1.38 bits per heavy atom. The normalized spacial score (nSPS) is 13.9. The second-order valence-electron chi connectivity index (χ2n) is 3.85. The molecule has 0 aliphatic rings. The molecule has 86 valence electrons. The third kappa shape index (κ3) is 2.70. The van der Waals surface area contributed by atoms with E-state index in [0.717, 1.165) is 5.56 Å². The van der Waals surface area contributed by atoms with Crippen LogP contribution in [-0.2, 0) is 4.79 Å². The number of aliphatic hydroxyl groups is 1. The van der Waals surface area contributed by atoms with Gasteiger partial charge in [-0.1, -0.05) is 36.4 Å². The lowest BCUT2D eigenvalue weighted by atomic mass is 9.95. The van der Waals surface area contributed by atoms with Gasteiger partial charge >= 0.3 is 0 Å². The molecule has 2 unspecified atom stereocenters. The fourth-order valence-electron chi connectivity index (χ4n) is 1.52. The standard InChI is InChI=1S/C13H17NO2/c1-4-11(13(16)14(2)3)12(15)10-8-6-5-7-9-10/h4-9,11-12,15H,1H2,2-3H3. The maximum atomic E-state index is 11.8. The monoisotopic (exact) mass is 219 g/mol. The quantitative estimate of drug-likeness (QED) is 0.782. The fourth-order valence-corrected chi connectivity index (χ4v) is 1.52. The Balaban J connectivity index is 2.90. The van der Waals surface area contributed by atoms with Gasteiger partial charge in [0.2, 0.25) is 5.91 Å². The molecule has 1 rings (SSSR count). The van der Waals surface area contributed by atoms with Crippen LogP contribution < -0.4 is 0 Å². The van der Waals surface area contributed by atoms with E-state index < -0.39 is 12.0 Å². The second-order valence-corrected chi connectivity index (χ2v) is 3.85. The molecule has 1 amide bonds. The van der Waals surface area contributed by atoms with Gasteiger partial charge < -0.3 is 10.0 Å². The predicted octanol–water partition coefficient (Wildman–Crippen LogP) is 1.61. The summed E-state index contributed by atoms with van der Waals surface area (Å²) in [6, 6.07) is 9.12. The number of nitrogens with zero attached hydrogens (tertiary/aromatic N) is 1. The molecule has 0 aliphatic heterocycles. The molecular weight excluding hydrogens is 202 g/mol. The van der Waals surface area contributed by atoms with E-state index in [0.29, 0.717) is 0 Å². The molecule has 0 radical (unpaired) electrons. The number of rotatable bonds is 4. The molecule has 16 heavy (non-hydrogen) atoms. The molecule has 0 heterocycles. The van der Waals surface area contributed by atoms with Gasteiger partial charge in [0.1, 0.15) is 0 Å².